The monoisotopic (exact) mass is 525 g/mol. The smallest absolute Gasteiger partial charge is 0.295 e. The second-order valence-electron chi connectivity index (χ2n) is 10.5. The van der Waals surface area contributed by atoms with Crippen LogP contribution in [-0.2, 0) is 19.7 Å². The Labute approximate surface area is 225 Å². The molecule has 1 amide bonds. The number of methoxy groups -OCH3 is 2. The van der Waals surface area contributed by atoms with Gasteiger partial charge in [0.1, 0.15) is 11.5 Å². The number of ether oxygens (including phenoxy) is 4. The van der Waals surface area contributed by atoms with Crippen molar-refractivity contribution < 1.29 is 33.6 Å². The molecule has 2 aromatic carbocycles. The summed E-state index contributed by atoms with van der Waals surface area (Å²) in [6.45, 7) is 12.7. The first-order chi connectivity index (χ1) is 17.9. The van der Waals surface area contributed by atoms with E-state index in [1.807, 2.05) is 26.8 Å². The largest absolute Gasteiger partial charge is 0.507 e. The Morgan fingerprint density at radius 1 is 1.03 bits per heavy atom. The summed E-state index contributed by atoms with van der Waals surface area (Å²) >= 11 is 0. The first-order valence-corrected chi connectivity index (χ1v) is 12.8. The van der Waals surface area contributed by atoms with Gasteiger partial charge in [0.2, 0.25) is 0 Å². The van der Waals surface area contributed by atoms with Crippen LogP contribution in [0.15, 0.2) is 42.0 Å². The molecule has 206 valence electrons. The lowest BCUT2D eigenvalue weighted by atomic mass is 9.85. The van der Waals surface area contributed by atoms with Gasteiger partial charge in [-0.1, -0.05) is 32.9 Å². The molecule has 1 heterocycles. The number of carbonyl (C=O) groups excluding carboxylic acids is 2. The molecule has 0 bridgehead atoms. The van der Waals surface area contributed by atoms with E-state index >= 15 is 0 Å². The number of likely N-dealkylation sites (tertiary alicyclic amines) is 1. The molecule has 1 saturated heterocycles. The third kappa shape index (κ3) is 5.96. The lowest BCUT2D eigenvalue weighted by Crippen LogP contribution is -2.32. The van der Waals surface area contributed by atoms with Crippen molar-refractivity contribution in [3.63, 3.8) is 0 Å². The molecule has 8 heteroatoms. The molecule has 1 unspecified atom stereocenters. The number of aliphatic hydroxyl groups excluding tert-OH is 1. The minimum Gasteiger partial charge on any atom is -0.507 e. The van der Waals surface area contributed by atoms with Gasteiger partial charge >= 0.3 is 0 Å². The van der Waals surface area contributed by atoms with E-state index in [9.17, 15) is 14.7 Å². The molecule has 1 aliphatic heterocycles. The fourth-order valence-electron chi connectivity index (χ4n) is 4.47. The van der Waals surface area contributed by atoms with Crippen molar-refractivity contribution in [3.05, 3.63) is 58.7 Å². The predicted molar refractivity (Wildman–Crippen MR) is 146 cm³/mol. The van der Waals surface area contributed by atoms with Crippen LogP contribution in [-0.4, -0.2) is 61.8 Å². The van der Waals surface area contributed by atoms with Crippen LogP contribution in [0.2, 0.25) is 0 Å². The molecule has 3 rings (SSSR count). The molecule has 0 spiro atoms. The van der Waals surface area contributed by atoms with Crippen LogP contribution in [0.5, 0.6) is 17.2 Å². The fraction of sp³-hybridized carbons (Fsp3) is 0.467. The van der Waals surface area contributed by atoms with Crippen molar-refractivity contribution >= 4 is 17.4 Å². The summed E-state index contributed by atoms with van der Waals surface area (Å²) in [5.74, 6) is -0.334. The van der Waals surface area contributed by atoms with E-state index < -0.39 is 17.7 Å². The van der Waals surface area contributed by atoms with Gasteiger partial charge in [0, 0.05) is 13.7 Å². The van der Waals surface area contributed by atoms with Gasteiger partial charge in [-0.3, -0.25) is 9.59 Å². The number of hydrogen-bond donors (Lipinski definition) is 1. The van der Waals surface area contributed by atoms with Crippen LogP contribution in [0.4, 0.5) is 0 Å². The normalized spacial score (nSPS) is 17.3. The highest BCUT2D eigenvalue weighted by atomic mass is 16.5. The minimum atomic E-state index is -0.861. The second-order valence-corrected chi connectivity index (χ2v) is 10.5. The highest BCUT2D eigenvalue weighted by Gasteiger charge is 2.46. The van der Waals surface area contributed by atoms with Crippen molar-refractivity contribution in [1.29, 1.82) is 0 Å². The first-order valence-electron chi connectivity index (χ1n) is 12.8. The Morgan fingerprint density at radius 3 is 2.29 bits per heavy atom. The number of ketones is 1. The molecular weight excluding hydrogens is 486 g/mol. The molecule has 1 aliphatic rings. The van der Waals surface area contributed by atoms with Gasteiger partial charge in [-0.15, -0.1) is 0 Å². The van der Waals surface area contributed by atoms with E-state index in [0.29, 0.717) is 35.0 Å². The van der Waals surface area contributed by atoms with Crippen LogP contribution in [0, 0.1) is 0 Å². The predicted octanol–water partition coefficient (Wildman–Crippen LogP) is 5.25. The molecule has 0 radical (unpaired) electrons. The molecule has 1 atom stereocenters. The van der Waals surface area contributed by atoms with E-state index in [4.69, 9.17) is 18.9 Å². The quantitative estimate of drug-likeness (QED) is 0.257. The molecule has 0 aromatic heterocycles. The van der Waals surface area contributed by atoms with E-state index in [0.717, 1.165) is 5.56 Å². The Kier molecular flexibility index (Phi) is 9.09. The van der Waals surface area contributed by atoms with Gasteiger partial charge in [-0.25, -0.2) is 0 Å². The number of carbonyl (C=O) groups is 2. The summed E-state index contributed by atoms with van der Waals surface area (Å²) < 4.78 is 22.5. The number of amides is 1. The minimum absolute atomic E-state index is 0.0181. The molecule has 2 aromatic rings. The summed E-state index contributed by atoms with van der Waals surface area (Å²) in [6, 6.07) is 9.93. The van der Waals surface area contributed by atoms with Crippen molar-refractivity contribution in [1.82, 2.24) is 4.90 Å². The fourth-order valence-corrected chi connectivity index (χ4v) is 4.47. The summed E-state index contributed by atoms with van der Waals surface area (Å²) in [5.41, 5.74) is 1.66. The number of hydrogen-bond acceptors (Lipinski definition) is 7. The van der Waals surface area contributed by atoms with Crippen LogP contribution in [0.1, 0.15) is 64.3 Å². The first kappa shape index (κ1) is 29.0. The Bertz CT molecular complexity index is 1210. The van der Waals surface area contributed by atoms with Gasteiger partial charge in [0.25, 0.3) is 11.7 Å². The van der Waals surface area contributed by atoms with Crippen molar-refractivity contribution in [3.8, 4) is 17.2 Å². The third-order valence-corrected chi connectivity index (χ3v) is 6.34. The Hall–Kier alpha value is -3.52. The topological polar surface area (TPSA) is 94.5 Å². The molecular formula is C30H39NO7. The van der Waals surface area contributed by atoms with E-state index in [1.54, 1.807) is 30.3 Å². The molecule has 8 nitrogen and oxygen atoms in total. The number of Topliss-reactive ketones (excluding diaryl/α,β-unsaturated/α-hetero) is 1. The Morgan fingerprint density at radius 2 is 1.71 bits per heavy atom. The molecule has 0 saturated carbocycles. The van der Waals surface area contributed by atoms with Crippen LogP contribution in [0.3, 0.4) is 0 Å². The van der Waals surface area contributed by atoms with Gasteiger partial charge in [0.15, 0.2) is 11.5 Å². The zero-order valence-corrected chi connectivity index (χ0v) is 23.6. The second kappa shape index (κ2) is 11.9. The Balaban J connectivity index is 2.27. The number of nitrogens with zero attached hydrogens (tertiary/aromatic N) is 1. The van der Waals surface area contributed by atoms with Gasteiger partial charge in [0.05, 0.1) is 43.6 Å². The van der Waals surface area contributed by atoms with Crippen LogP contribution >= 0.6 is 0 Å². The zero-order valence-electron chi connectivity index (χ0n) is 23.6. The van der Waals surface area contributed by atoms with Gasteiger partial charge in [-0.2, -0.15) is 0 Å². The van der Waals surface area contributed by atoms with E-state index in [-0.39, 0.29) is 36.0 Å². The summed E-state index contributed by atoms with van der Waals surface area (Å²) in [5, 5.41) is 11.6. The lowest BCUT2D eigenvalue weighted by molar-refractivity contribution is -0.140. The molecule has 1 fully saturated rings. The molecule has 0 aliphatic carbocycles. The molecule has 38 heavy (non-hydrogen) atoms. The number of aliphatic hydroxyl groups is 1. The van der Waals surface area contributed by atoms with Crippen molar-refractivity contribution in [2.45, 2.75) is 59.1 Å². The highest BCUT2D eigenvalue weighted by molar-refractivity contribution is 6.46. The van der Waals surface area contributed by atoms with Crippen molar-refractivity contribution in [2.75, 3.05) is 34.0 Å². The SMILES string of the molecule is CCOc1cc(C2/C(=C(\O)c3cc(C(C)(C)C)ccc3OC)C(=O)C(=O)N2CCOC)ccc1OC(C)C. The average molecular weight is 526 g/mol. The standard InChI is InChI=1S/C30H39NO7/c1-9-37-24-16-19(10-12-23(24)38-18(2)3)26-25(28(33)29(34)31(26)14-15-35-7)27(32)21-17-20(30(4,5)6)11-13-22(21)36-8/h10-13,16-18,26,32H,9,14-15H2,1-8H3/b27-25+. The van der Waals surface area contributed by atoms with Crippen LogP contribution < -0.4 is 14.2 Å². The zero-order chi connectivity index (χ0) is 28.2. The number of benzene rings is 2. The summed E-state index contributed by atoms with van der Waals surface area (Å²) in [6.07, 6.45) is -0.0741. The average Bonchev–Trinajstić information content (AvgIpc) is 3.11. The lowest BCUT2D eigenvalue weighted by Gasteiger charge is -2.26. The maximum atomic E-state index is 13.4. The highest BCUT2D eigenvalue weighted by Crippen LogP contribution is 2.43. The molecule has 1 N–H and O–H groups in total. The maximum absolute atomic E-state index is 13.4. The number of rotatable bonds is 10. The van der Waals surface area contributed by atoms with E-state index in [2.05, 4.69) is 20.8 Å². The van der Waals surface area contributed by atoms with Gasteiger partial charge in [-0.05, 0) is 61.6 Å². The third-order valence-electron chi connectivity index (χ3n) is 6.34. The van der Waals surface area contributed by atoms with Gasteiger partial charge < -0.3 is 29.0 Å². The summed E-state index contributed by atoms with van der Waals surface area (Å²) in [7, 11) is 3.03. The van der Waals surface area contributed by atoms with Crippen molar-refractivity contribution in [2.24, 2.45) is 0 Å². The maximum Gasteiger partial charge on any atom is 0.295 e. The van der Waals surface area contributed by atoms with E-state index in [1.165, 1.54) is 19.1 Å². The summed E-state index contributed by atoms with van der Waals surface area (Å²) in [4.78, 5) is 28.1. The van der Waals surface area contributed by atoms with Crippen LogP contribution in [0.25, 0.3) is 5.76 Å².